The number of rotatable bonds is 6. The summed E-state index contributed by atoms with van der Waals surface area (Å²) in [6.45, 7) is 0. The Morgan fingerprint density at radius 3 is 1.69 bits per heavy atom. The second-order valence-corrected chi connectivity index (χ2v) is 10.5. The maximum atomic E-state index is 13.4. The molecule has 1 N–H and O–H groups in total. The maximum Gasteiger partial charge on any atom is 0.416 e. The second kappa shape index (κ2) is 9.98. The summed E-state index contributed by atoms with van der Waals surface area (Å²) in [5, 5.41) is 9.62. The number of halogens is 6. The molecule has 42 heavy (non-hydrogen) atoms. The minimum Gasteiger partial charge on any atom is -0.478 e. The van der Waals surface area contributed by atoms with Crippen molar-refractivity contribution in [2.75, 3.05) is 0 Å². The van der Waals surface area contributed by atoms with Crippen molar-refractivity contribution in [3.05, 3.63) is 119 Å². The number of ether oxygens (including phenoxy) is 2. The van der Waals surface area contributed by atoms with Gasteiger partial charge in [0.1, 0.15) is 4.90 Å². The van der Waals surface area contributed by atoms with E-state index in [2.05, 4.69) is 0 Å². The Morgan fingerprint density at radius 1 is 0.738 bits per heavy atom. The molecule has 0 radical (unpaired) electrons. The van der Waals surface area contributed by atoms with Gasteiger partial charge in [0.25, 0.3) is 0 Å². The molecule has 0 atom stereocenters. The van der Waals surface area contributed by atoms with Crippen LogP contribution in [0.2, 0.25) is 0 Å². The standard InChI is InChI=1S/C28H16F6O7S/c29-27(30,31)19-13-20(28(32,33)34)15-21(14-19)42(37,38)41-23-12-16(25(35)36)11-22-24(23)40-26(39-22,17-7-3-1-4-8-17)18-9-5-2-6-10-18/h1-15H,(H,35,36). The Hall–Kier alpha value is -4.72. The predicted molar refractivity (Wildman–Crippen MR) is 133 cm³/mol. The zero-order valence-electron chi connectivity index (χ0n) is 20.7. The molecule has 0 aliphatic carbocycles. The van der Waals surface area contributed by atoms with Gasteiger partial charge in [-0.3, -0.25) is 0 Å². The van der Waals surface area contributed by atoms with Crippen LogP contribution in [-0.2, 0) is 28.3 Å². The molecule has 0 amide bonds. The molecule has 0 bridgehead atoms. The van der Waals surface area contributed by atoms with Crippen LogP contribution in [0, 0.1) is 0 Å². The molecule has 14 heteroatoms. The Balaban J connectivity index is 1.66. The third kappa shape index (κ3) is 5.32. The molecule has 0 unspecified atom stereocenters. The normalized spacial score (nSPS) is 14.4. The quantitative estimate of drug-likeness (QED) is 0.188. The molecule has 4 aromatic carbocycles. The number of benzene rings is 4. The van der Waals surface area contributed by atoms with E-state index in [1.165, 1.54) is 0 Å². The highest BCUT2D eigenvalue weighted by molar-refractivity contribution is 7.87. The molecule has 0 fully saturated rings. The summed E-state index contributed by atoms with van der Waals surface area (Å²) >= 11 is 0. The van der Waals surface area contributed by atoms with Gasteiger partial charge in [0.15, 0.2) is 11.5 Å². The van der Waals surface area contributed by atoms with Crippen molar-refractivity contribution in [2.24, 2.45) is 0 Å². The van der Waals surface area contributed by atoms with Crippen molar-refractivity contribution in [1.82, 2.24) is 0 Å². The first-order valence-corrected chi connectivity index (χ1v) is 13.2. The van der Waals surface area contributed by atoms with Crippen LogP contribution >= 0.6 is 0 Å². The molecule has 0 aromatic heterocycles. The lowest BCUT2D eigenvalue weighted by atomic mass is 9.97. The van der Waals surface area contributed by atoms with Gasteiger partial charge < -0.3 is 18.8 Å². The van der Waals surface area contributed by atoms with E-state index in [9.17, 15) is 44.7 Å². The third-order valence-corrected chi connectivity index (χ3v) is 7.34. The van der Waals surface area contributed by atoms with Crippen molar-refractivity contribution >= 4 is 16.1 Å². The van der Waals surface area contributed by atoms with Crippen LogP contribution in [0.3, 0.4) is 0 Å². The summed E-state index contributed by atoms with van der Waals surface area (Å²) < 4.78 is 124. The molecule has 1 heterocycles. The van der Waals surface area contributed by atoms with Crippen molar-refractivity contribution < 1.29 is 58.3 Å². The van der Waals surface area contributed by atoms with E-state index in [1.54, 1.807) is 60.7 Å². The van der Waals surface area contributed by atoms with Crippen LogP contribution in [0.25, 0.3) is 0 Å². The average molecular weight is 610 g/mol. The monoisotopic (exact) mass is 610 g/mol. The molecule has 7 nitrogen and oxygen atoms in total. The fourth-order valence-corrected chi connectivity index (χ4v) is 5.21. The molecule has 1 aliphatic rings. The van der Waals surface area contributed by atoms with E-state index >= 15 is 0 Å². The maximum absolute atomic E-state index is 13.4. The Kier molecular flexibility index (Phi) is 6.84. The van der Waals surface area contributed by atoms with Crippen LogP contribution in [-0.4, -0.2) is 19.5 Å². The molecule has 0 saturated carbocycles. The SMILES string of the molecule is O=C(O)c1cc2c(c(OS(=O)(=O)c3cc(C(F)(F)F)cc(C(F)(F)F)c3)c1)OC(c1ccccc1)(c1ccccc1)O2. The van der Waals surface area contributed by atoms with Crippen molar-refractivity contribution in [3.63, 3.8) is 0 Å². The first kappa shape index (κ1) is 28.8. The summed E-state index contributed by atoms with van der Waals surface area (Å²) in [4.78, 5) is 10.4. The first-order chi connectivity index (χ1) is 19.6. The molecule has 1 aliphatic heterocycles. The molecule has 0 saturated heterocycles. The summed E-state index contributed by atoms with van der Waals surface area (Å²) in [6, 6.07) is 17.8. The van der Waals surface area contributed by atoms with Crippen molar-refractivity contribution in [2.45, 2.75) is 23.0 Å². The van der Waals surface area contributed by atoms with Gasteiger partial charge in [-0.2, -0.15) is 34.8 Å². The lowest BCUT2D eigenvalue weighted by molar-refractivity contribution is -0.143. The van der Waals surface area contributed by atoms with Gasteiger partial charge in [-0.15, -0.1) is 0 Å². The Bertz CT molecular complexity index is 1700. The number of carboxylic acid groups (broad SMARTS) is 1. The number of carbonyl (C=O) groups is 1. The molecule has 5 rings (SSSR count). The van der Waals surface area contributed by atoms with Crippen molar-refractivity contribution in [1.29, 1.82) is 0 Å². The summed E-state index contributed by atoms with van der Waals surface area (Å²) in [6.07, 6.45) is -10.7. The van der Waals surface area contributed by atoms with Crippen LogP contribution in [0.15, 0.2) is 95.9 Å². The largest absolute Gasteiger partial charge is 0.478 e. The molecular formula is C28H16F6O7S. The minimum atomic E-state index is -5.44. The lowest BCUT2D eigenvalue weighted by Gasteiger charge is -2.28. The van der Waals surface area contributed by atoms with E-state index < -0.39 is 67.3 Å². The fourth-order valence-electron chi connectivity index (χ4n) is 4.21. The van der Waals surface area contributed by atoms with Crippen LogP contribution in [0.5, 0.6) is 17.2 Å². The first-order valence-electron chi connectivity index (χ1n) is 11.7. The average Bonchev–Trinajstić information content (AvgIpc) is 3.34. The number of fused-ring (bicyclic) bond motifs is 1. The third-order valence-electron chi connectivity index (χ3n) is 6.12. The van der Waals surface area contributed by atoms with E-state index in [1.807, 2.05) is 0 Å². The highest BCUT2D eigenvalue weighted by Crippen LogP contribution is 2.53. The number of alkyl halides is 6. The zero-order chi connectivity index (χ0) is 30.5. The summed E-state index contributed by atoms with van der Waals surface area (Å²) in [7, 11) is -5.44. The second-order valence-electron chi connectivity index (χ2n) is 8.94. The number of hydrogen-bond donors (Lipinski definition) is 1. The molecule has 218 valence electrons. The minimum absolute atomic E-state index is 0.0264. The van der Waals surface area contributed by atoms with Gasteiger partial charge >= 0.3 is 34.2 Å². The Morgan fingerprint density at radius 2 is 1.24 bits per heavy atom. The van der Waals surface area contributed by atoms with E-state index in [0.717, 1.165) is 6.07 Å². The van der Waals surface area contributed by atoms with Gasteiger partial charge in [-0.25, -0.2) is 4.79 Å². The molecule has 0 spiro atoms. The summed E-state index contributed by atoms with van der Waals surface area (Å²) in [5.74, 6) is -4.99. The highest BCUT2D eigenvalue weighted by atomic mass is 32.2. The molecule has 4 aromatic rings. The number of hydrogen-bond acceptors (Lipinski definition) is 6. The van der Waals surface area contributed by atoms with Gasteiger partial charge in [-0.1, -0.05) is 60.7 Å². The fraction of sp³-hybridized carbons (Fsp3) is 0.107. The predicted octanol–water partition coefficient (Wildman–Crippen LogP) is 6.86. The van der Waals surface area contributed by atoms with Crippen LogP contribution in [0.4, 0.5) is 26.3 Å². The Labute approximate surface area is 233 Å². The lowest BCUT2D eigenvalue weighted by Crippen LogP contribution is -2.36. The topological polar surface area (TPSA) is 99.1 Å². The number of aromatic carboxylic acids is 1. The van der Waals surface area contributed by atoms with E-state index in [0.29, 0.717) is 17.2 Å². The summed E-state index contributed by atoms with van der Waals surface area (Å²) in [5.41, 5.74) is -3.59. The smallest absolute Gasteiger partial charge is 0.416 e. The highest BCUT2D eigenvalue weighted by Gasteiger charge is 2.48. The number of carboxylic acids is 1. The van der Waals surface area contributed by atoms with Crippen molar-refractivity contribution in [3.8, 4) is 17.2 Å². The van der Waals surface area contributed by atoms with Crippen LogP contribution in [0.1, 0.15) is 32.6 Å². The zero-order valence-corrected chi connectivity index (χ0v) is 21.5. The molecular weight excluding hydrogens is 594 g/mol. The van der Waals surface area contributed by atoms with Crippen LogP contribution < -0.4 is 13.7 Å². The van der Waals surface area contributed by atoms with Gasteiger partial charge in [0.2, 0.25) is 5.75 Å². The van der Waals surface area contributed by atoms with E-state index in [-0.39, 0.29) is 23.9 Å². The van der Waals surface area contributed by atoms with Gasteiger partial charge in [-0.05, 0) is 24.3 Å². The van der Waals surface area contributed by atoms with Gasteiger partial charge in [0, 0.05) is 17.2 Å². The van der Waals surface area contributed by atoms with E-state index in [4.69, 9.17) is 13.7 Å². The van der Waals surface area contributed by atoms with Gasteiger partial charge in [0.05, 0.1) is 16.7 Å².